The highest BCUT2D eigenvalue weighted by Crippen LogP contribution is 2.23. The molecule has 30 heavy (non-hydrogen) atoms. The number of hydrogen-bond donors (Lipinski definition) is 1. The van der Waals surface area contributed by atoms with Crippen molar-refractivity contribution in [2.75, 3.05) is 44.4 Å². The zero-order valence-electron chi connectivity index (χ0n) is 17.0. The number of sulfonamides is 1. The molecule has 2 aromatic rings. The van der Waals surface area contributed by atoms with Gasteiger partial charge >= 0.3 is 0 Å². The number of methoxy groups -OCH3 is 1. The Morgan fingerprint density at radius 1 is 1.07 bits per heavy atom. The van der Waals surface area contributed by atoms with Gasteiger partial charge in [0.05, 0.1) is 19.4 Å². The highest BCUT2D eigenvalue weighted by molar-refractivity contribution is 7.88. The molecule has 3 rings (SSSR count). The molecule has 1 heterocycles. The highest BCUT2D eigenvalue weighted by atomic mass is 32.2. The van der Waals surface area contributed by atoms with Crippen LogP contribution in [0.1, 0.15) is 18.0 Å². The van der Waals surface area contributed by atoms with E-state index in [1.54, 1.807) is 12.0 Å². The number of nitrogens with one attached hydrogen (secondary N) is 1. The fourth-order valence-electron chi connectivity index (χ4n) is 3.49. The maximum Gasteiger partial charge on any atom is 0.224 e. The molecule has 1 fully saturated rings. The molecule has 162 valence electrons. The fraction of sp³-hybridized carbons (Fsp3) is 0.381. The molecule has 1 amide bonds. The first kappa shape index (κ1) is 22.0. The number of anilines is 1. The van der Waals surface area contributed by atoms with E-state index in [1.807, 2.05) is 24.3 Å². The van der Waals surface area contributed by atoms with Gasteiger partial charge in [0.25, 0.3) is 0 Å². The van der Waals surface area contributed by atoms with Gasteiger partial charge in [-0.15, -0.1) is 0 Å². The van der Waals surface area contributed by atoms with Crippen LogP contribution in [0.2, 0.25) is 0 Å². The van der Waals surface area contributed by atoms with Crippen molar-refractivity contribution >= 4 is 21.6 Å². The Balaban J connectivity index is 1.62. The van der Waals surface area contributed by atoms with Gasteiger partial charge in [-0.05, 0) is 42.0 Å². The maximum atomic E-state index is 13.2. The topological polar surface area (TPSA) is 79.0 Å². The van der Waals surface area contributed by atoms with Crippen molar-refractivity contribution in [1.29, 1.82) is 0 Å². The van der Waals surface area contributed by atoms with E-state index in [4.69, 9.17) is 4.74 Å². The third kappa shape index (κ3) is 5.93. The summed E-state index contributed by atoms with van der Waals surface area (Å²) < 4.78 is 44.4. The maximum absolute atomic E-state index is 13.2. The van der Waals surface area contributed by atoms with Crippen LogP contribution in [0.5, 0.6) is 5.75 Å². The average Bonchev–Trinajstić information content (AvgIpc) is 2.73. The Morgan fingerprint density at radius 2 is 1.67 bits per heavy atom. The molecule has 0 bridgehead atoms. The van der Waals surface area contributed by atoms with Crippen LogP contribution in [-0.4, -0.2) is 58.8 Å². The lowest BCUT2D eigenvalue weighted by atomic mass is 10.0. The van der Waals surface area contributed by atoms with Gasteiger partial charge in [0, 0.05) is 38.3 Å². The van der Waals surface area contributed by atoms with Gasteiger partial charge in [-0.1, -0.05) is 12.1 Å². The number of halogens is 1. The predicted octanol–water partition coefficient (Wildman–Crippen LogP) is 2.16. The average molecular weight is 436 g/mol. The van der Waals surface area contributed by atoms with Crippen LogP contribution in [0.3, 0.4) is 0 Å². The Kier molecular flexibility index (Phi) is 6.94. The van der Waals surface area contributed by atoms with Crippen LogP contribution in [0, 0.1) is 5.82 Å². The molecule has 1 unspecified atom stereocenters. The third-order valence-corrected chi connectivity index (χ3v) is 5.79. The molecule has 9 heteroatoms. The van der Waals surface area contributed by atoms with Crippen molar-refractivity contribution in [3.05, 3.63) is 59.9 Å². The number of benzene rings is 2. The molecule has 0 saturated carbocycles. The largest absolute Gasteiger partial charge is 0.497 e. The minimum absolute atomic E-state index is 0.0265. The molecule has 7 nitrogen and oxygen atoms in total. The minimum atomic E-state index is -3.54. The van der Waals surface area contributed by atoms with Gasteiger partial charge in [0.15, 0.2) is 0 Å². The van der Waals surface area contributed by atoms with E-state index in [0.717, 1.165) is 17.7 Å². The van der Waals surface area contributed by atoms with E-state index >= 15 is 0 Å². The van der Waals surface area contributed by atoms with Crippen molar-refractivity contribution in [1.82, 2.24) is 9.62 Å². The zero-order valence-corrected chi connectivity index (χ0v) is 17.9. The monoisotopic (exact) mass is 435 g/mol. The molecule has 0 aromatic heterocycles. The van der Waals surface area contributed by atoms with E-state index in [1.165, 1.54) is 24.3 Å². The Hall–Kier alpha value is -2.65. The van der Waals surface area contributed by atoms with E-state index in [-0.39, 0.29) is 12.3 Å². The summed E-state index contributed by atoms with van der Waals surface area (Å²) >= 11 is 0. The minimum Gasteiger partial charge on any atom is -0.497 e. The van der Waals surface area contributed by atoms with Gasteiger partial charge in [-0.25, -0.2) is 17.5 Å². The Bertz CT molecular complexity index is 957. The molecule has 1 aliphatic heterocycles. The number of carbonyl (C=O) groups excluding carboxylic acids is 1. The Labute approximate surface area is 176 Å². The lowest BCUT2D eigenvalue weighted by Gasteiger charge is -2.36. The molecular weight excluding hydrogens is 409 g/mol. The zero-order chi connectivity index (χ0) is 21.7. The lowest BCUT2D eigenvalue weighted by Crippen LogP contribution is -2.49. The van der Waals surface area contributed by atoms with Crippen LogP contribution >= 0.6 is 0 Å². The molecule has 1 atom stereocenters. The molecule has 1 saturated heterocycles. The van der Waals surface area contributed by atoms with E-state index < -0.39 is 21.9 Å². The predicted molar refractivity (Wildman–Crippen MR) is 114 cm³/mol. The number of piperazine rings is 1. The first-order chi connectivity index (χ1) is 14.2. The van der Waals surface area contributed by atoms with Crippen molar-refractivity contribution in [3.8, 4) is 5.75 Å². The summed E-state index contributed by atoms with van der Waals surface area (Å²) in [4.78, 5) is 16.8. The summed E-state index contributed by atoms with van der Waals surface area (Å²) in [5.41, 5.74) is 1.61. The number of amides is 1. The SMILES string of the molecule is COc1ccc(N2CCN(C(=O)CC(NS(C)(=O)=O)c3ccc(F)cc3)CC2)cc1. The van der Waals surface area contributed by atoms with Crippen molar-refractivity contribution in [3.63, 3.8) is 0 Å². The standard InChI is InChI=1S/C21H26FN3O4S/c1-29-19-9-7-18(8-10-19)24-11-13-25(14-12-24)21(26)15-20(23-30(2,27)28)16-3-5-17(22)6-4-16/h3-10,20,23H,11-15H2,1-2H3. The molecule has 0 radical (unpaired) electrons. The van der Waals surface area contributed by atoms with Crippen LogP contribution in [0.15, 0.2) is 48.5 Å². The van der Waals surface area contributed by atoms with E-state index in [9.17, 15) is 17.6 Å². The second-order valence-electron chi connectivity index (χ2n) is 7.26. The van der Waals surface area contributed by atoms with Gasteiger partial charge in [0.1, 0.15) is 11.6 Å². The summed E-state index contributed by atoms with van der Waals surface area (Å²) in [6.45, 7) is 2.44. The van der Waals surface area contributed by atoms with E-state index in [2.05, 4.69) is 9.62 Å². The van der Waals surface area contributed by atoms with Gasteiger partial charge in [-0.3, -0.25) is 4.79 Å². The number of hydrogen-bond acceptors (Lipinski definition) is 5. The summed E-state index contributed by atoms with van der Waals surface area (Å²) in [6.07, 6.45) is 1.02. The van der Waals surface area contributed by atoms with Crippen molar-refractivity contribution in [2.24, 2.45) is 0 Å². The van der Waals surface area contributed by atoms with Gasteiger partial charge in [0.2, 0.25) is 15.9 Å². The van der Waals surface area contributed by atoms with E-state index in [0.29, 0.717) is 31.7 Å². The molecule has 0 spiro atoms. The first-order valence-corrected chi connectivity index (χ1v) is 11.5. The lowest BCUT2D eigenvalue weighted by molar-refractivity contribution is -0.132. The number of ether oxygens (including phenoxy) is 1. The normalized spacial score (nSPS) is 15.7. The summed E-state index contributed by atoms with van der Waals surface area (Å²) in [5.74, 6) is 0.227. The second-order valence-corrected chi connectivity index (χ2v) is 9.04. The molecule has 1 aliphatic rings. The number of rotatable bonds is 7. The molecular formula is C21H26FN3O4S. The van der Waals surface area contributed by atoms with Crippen LogP contribution < -0.4 is 14.4 Å². The van der Waals surface area contributed by atoms with Crippen molar-refractivity contribution < 1.29 is 22.3 Å². The van der Waals surface area contributed by atoms with Gasteiger partial charge < -0.3 is 14.5 Å². The van der Waals surface area contributed by atoms with Crippen molar-refractivity contribution in [2.45, 2.75) is 12.5 Å². The van der Waals surface area contributed by atoms with Crippen LogP contribution in [-0.2, 0) is 14.8 Å². The molecule has 1 N–H and O–H groups in total. The number of carbonyl (C=O) groups is 1. The first-order valence-electron chi connectivity index (χ1n) is 9.65. The summed E-state index contributed by atoms with van der Waals surface area (Å²) in [6, 6.07) is 12.5. The van der Waals surface area contributed by atoms with Crippen LogP contribution in [0.4, 0.5) is 10.1 Å². The molecule has 2 aromatic carbocycles. The van der Waals surface area contributed by atoms with Crippen LogP contribution in [0.25, 0.3) is 0 Å². The van der Waals surface area contributed by atoms with Gasteiger partial charge in [-0.2, -0.15) is 0 Å². The third-order valence-electron chi connectivity index (χ3n) is 5.08. The quantitative estimate of drug-likeness (QED) is 0.721. The smallest absolute Gasteiger partial charge is 0.224 e. The number of nitrogens with zero attached hydrogens (tertiary/aromatic N) is 2. The second kappa shape index (κ2) is 9.44. The summed E-state index contributed by atoms with van der Waals surface area (Å²) in [7, 11) is -1.92. The Morgan fingerprint density at radius 3 is 2.20 bits per heavy atom. The fourth-order valence-corrected chi connectivity index (χ4v) is 4.23. The summed E-state index contributed by atoms with van der Waals surface area (Å²) in [5, 5.41) is 0. The molecule has 0 aliphatic carbocycles. The highest BCUT2D eigenvalue weighted by Gasteiger charge is 2.26.